The molecule has 2 atom stereocenters. The lowest BCUT2D eigenvalue weighted by Gasteiger charge is -2.55. The number of pyridine rings is 1. The number of hydrogen-bond donors (Lipinski definition) is 0. The summed E-state index contributed by atoms with van der Waals surface area (Å²) >= 11 is 7.99. The standard InChI is InChI=1S/C23H14Br2N2O2/c24-22-14-5-1-2-6-15(14)23(25,17-8-4-3-7-16(17)22)19-18(22)20(28)27(21(19)29)13-9-11-26-12-10-13/h1-12,18-19H/t18-,19-,22?,23?/m1/s1. The smallest absolute Gasteiger partial charge is 0.239 e. The predicted octanol–water partition coefficient (Wildman–Crippen LogP) is 4.49. The predicted molar refractivity (Wildman–Crippen MR) is 116 cm³/mol. The van der Waals surface area contributed by atoms with E-state index in [0.717, 1.165) is 22.3 Å². The zero-order chi connectivity index (χ0) is 20.0. The molecule has 2 heterocycles. The highest BCUT2D eigenvalue weighted by atomic mass is 79.9. The zero-order valence-corrected chi connectivity index (χ0v) is 18.2. The second-order valence-electron chi connectivity index (χ2n) is 7.69. The molecule has 0 spiro atoms. The molecule has 3 aliphatic carbocycles. The molecule has 2 amide bonds. The van der Waals surface area contributed by atoms with Crippen LogP contribution in [0.5, 0.6) is 0 Å². The number of amides is 2. The number of rotatable bonds is 1. The summed E-state index contributed by atoms with van der Waals surface area (Å²) in [5, 5.41) is 0. The van der Waals surface area contributed by atoms with Crippen molar-refractivity contribution < 1.29 is 9.59 Å². The topological polar surface area (TPSA) is 50.3 Å². The third-order valence-electron chi connectivity index (χ3n) is 6.51. The Morgan fingerprint density at radius 3 is 1.45 bits per heavy atom. The van der Waals surface area contributed by atoms with Gasteiger partial charge in [-0.15, -0.1) is 0 Å². The van der Waals surface area contributed by atoms with E-state index in [1.807, 2.05) is 24.3 Å². The second kappa shape index (κ2) is 5.64. The molecule has 4 aliphatic rings. The molecule has 1 fully saturated rings. The largest absolute Gasteiger partial charge is 0.274 e. The SMILES string of the molecule is O=C1[C@H]2[C@H](C(=O)N1c1ccncc1)C1(Br)c3ccccc3C2(Br)c2ccccc21. The van der Waals surface area contributed by atoms with E-state index < -0.39 is 20.5 Å². The number of anilines is 1. The number of imide groups is 1. The summed E-state index contributed by atoms with van der Waals surface area (Å²) in [7, 11) is 0. The molecule has 1 saturated heterocycles. The molecule has 0 saturated carbocycles. The molecule has 29 heavy (non-hydrogen) atoms. The van der Waals surface area contributed by atoms with Crippen LogP contribution in [-0.4, -0.2) is 16.8 Å². The van der Waals surface area contributed by atoms with Gasteiger partial charge in [0.1, 0.15) is 0 Å². The summed E-state index contributed by atoms with van der Waals surface area (Å²) in [6, 6.07) is 19.6. The number of halogens is 2. The second-order valence-corrected chi connectivity index (χ2v) is 10.2. The van der Waals surface area contributed by atoms with Crippen molar-refractivity contribution in [3.05, 3.63) is 95.3 Å². The van der Waals surface area contributed by atoms with Gasteiger partial charge in [-0.05, 0) is 34.4 Å². The Morgan fingerprint density at radius 2 is 1.07 bits per heavy atom. The van der Waals surface area contributed by atoms with Gasteiger partial charge in [0, 0.05) is 12.4 Å². The van der Waals surface area contributed by atoms with Gasteiger partial charge in [-0.3, -0.25) is 14.6 Å². The molecule has 0 N–H and O–H groups in total. The van der Waals surface area contributed by atoms with Gasteiger partial charge in [0.15, 0.2) is 0 Å². The third kappa shape index (κ3) is 1.87. The highest BCUT2D eigenvalue weighted by Gasteiger charge is 2.72. The van der Waals surface area contributed by atoms with E-state index in [0.29, 0.717) is 5.69 Å². The monoisotopic (exact) mass is 508 g/mol. The van der Waals surface area contributed by atoms with Crippen LogP contribution in [0.3, 0.4) is 0 Å². The van der Waals surface area contributed by atoms with Crippen molar-refractivity contribution in [3.63, 3.8) is 0 Å². The van der Waals surface area contributed by atoms with E-state index in [2.05, 4.69) is 61.1 Å². The summed E-state index contributed by atoms with van der Waals surface area (Å²) in [5.41, 5.74) is 4.71. The summed E-state index contributed by atoms with van der Waals surface area (Å²) in [6.45, 7) is 0. The minimum atomic E-state index is -0.755. The first kappa shape index (κ1) is 17.5. The maximum atomic E-state index is 13.7. The summed E-state index contributed by atoms with van der Waals surface area (Å²) in [5.74, 6) is -1.47. The first-order valence-corrected chi connectivity index (χ1v) is 10.9. The molecule has 2 bridgehead atoms. The number of benzene rings is 2. The van der Waals surface area contributed by atoms with Crippen LogP contribution in [0.2, 0.25) is 0 Å². The van der Waals surface area contributed by atoms with E-state index in [1.54, 1.807) is 24.5 Å². The fourth-order valence-electron chi connectivity index (χ4n) is 5.41. The van der Waals surface area contributed by atoms with Gasteiger partial charge in [-0.2, -0.15) is 0 Å². The molecular formula is C23H14Br2N2O2. The fourth-order valence-corrected chi connectivity index (χ4v) is 7.72. The molecule has 0 unspecified atom stereocenters. The Labute approximate surface area is 184 Å². The van der Waals surface area contributed by atoms with Gasteiger partial charge >= 0.3 is 0 Å². The van der Waals surface area contributed by atoms with E-state index >= 15 is 0 Å². The van der Waals surface area contributed by atoms with Crippen LogP contribution >= 0.6 is 31.9 Å². The number of alkyl halides is 2. The van der Waals surface area contributed by atoms with Crippen LogP contribution in [0.15, 0.2) is 73.1 Å². The molecule has 1 aliphatic heterocycles. The minimum absolute atomic E-state index is 0.184. The first-order chi connectivity index (χ1) is 14.0. The molecule has 142 valence electrons. The highest BCUT2D eigenvalue weighted by Crippen LogP contribution is 2.70. The molecule has 0 radical (unpaired) electrons. The Hall–Kier alpha value is -2.31. The normalized spacial score (nSPS) is 31.4. The lowest BCUT2D eigenvalue weighted by atomic mass is 9.54. The lowest BCUT2D eigenvalue weighted by Crippen LogP contribution is -2.56. The fraction of sp³-hybridized carbons (Fsp3) is 0.174. The van der Waals surface area contributed by atoms with E-state index in [4.69, 9.17) is 0 Å². The van der Waals surface area contributed by atoms with Crippen molar-refractivity contribution in [2.45, 2.75) is 8.65 Å². The molecular weight excluding hydrogens is 496 g/mol. The van der Waals surface area contributed by atoms with E-state index in [-0.39, 0.29) is 11.8 Å². The third-order valence-corrected chi connectivity index (χ3v) is 9.20. The van der Waals surface area contributed by atoms with Crippen molar-refractivity contribution >= 4 is 49.4 Å². The minimum Gasteiger partial charge on any atom is -0.274 e. The van der Waals surface area contributed by atoms with Crippen LogP contribution in [0.4, 0.5) is 5.69 Å². The van der Waals surface area contributed by atoms with Crippen LogP contribution in [0, 0.1) is 11.8 Å². The Morgan fingerprint density at radius 1 is 0.690 bits per heavy atom. The van der Waals surface area contributed by atoms with Gasteiger partial charge in [-0.25, -0.2) is 4.90 Å². The van der Waals surface area contributed by atoms with Crippen LogP contribution in [0.1, 0.15) is 22.3 Å². The summed E-state index contributed by atoms with van der Waals surface area (Å²) < 4.78 is -1.51. The number of hydrogen-bond acceptors (Lipinski definition) is 3. The average molecular weight is 510 g/mol. The van der Waals surface area contributed by atoms with Crippen molar-refractivity contribution in [1.82, 2.24) is 4.98 Å². The number of nitrogens with zero attached hydrogens (tertiary/aromatic N) is 2. The van der Waals surface area contributed by atoms with Gasteiger partial charge < -0.3 is 0 Å². The Bertz CT molecular complexity index is 1090. The van der Waals surface area contributed by atoms with E-state index in [1.165, 1.54) is 4.90 Å². The van der Waals surface area contributed by atoms with Crippen molar-refractivity contribution in [1.29, 1.82) is 0 Å². The molecule has 4 nitrogen and oxygen atoms in total. The lowest BCUT2D eigenvalue weighted by molar-refractivity contribution is -0.122. The zero-order valence-electron chi connectivity index (χ0n) is 15.0. The average Bonchev–Trinajstić information content (AvgIpc) is 3.04. The van der Waals surface area contributed by atoms with Crippen molar-refractivity contribution in [2.75, 3.05) is 4.90 Å². The van der Waals surface area contributed by atoms with Gasteiger partial charge in [0.25, 0.3) is 0 Å². The quantitative estimate of drug-likeness (QED) is 0.358. The van der Waals surface area contributed by atoms with Crippen molar-refractivity contribution in [2.24, 2.45) is 11.8 Å². The van der Waals surface area contributed by atoms with Crippen LogP contribution < -0.4 is 4.90 Å². The highest BCUT2D eigenvalue weighted by molar-refractivity contribution is 9.10. The molecule has 2 aromatic carbocycles. The maximum absolute atomic E-state index is 13.7. The Balaban J connectivity index is 1.69. The van der Waals surface area contributed by atoms with E-state index in [9.17, 15) is 9.59 Å². The maximum Gasteiger partial charge on any atom is 0.239 e. The molecule has 6 heteroatoms. The van der Waals surface area contributed by atoms with Crippen molar-refractivity contribution in [3.8, 4) is 0 Å². The molecule has 7 rings (SSSR count). The number of aromatic nitrogens is 1. The van der Waals surface area contributed by atoms with Gasteiger partial charge in [0.05, 0.1) is 26.2 Å². The molecule has 1 aromatic heterocycles. The number of carbonyl (C=O) groups excluding carboxylic acids is 2. The summed E-state index contributed by atoms with van der Waals surface area (Å²) in [6.07, 6.45) is 3.20. The van der Waals surface area contributed by atoms with Crippen LogP contribution in [0.25, 0.3) is 0 Å². The van der Waals surface area contributed by atoms with Gasteiger partial charge in [-0.1, -0.05) is 80.4 Å². The van der Waals surface area contributed by atoms with Gasteiger partial charge in [0.2, 0.25) is 11.8 Å². The van der Waals surface area contributed by atoms with Crippen LogP contribution in [-0.2, 0) is 18.2 Å². The number of carbonyl (C=O) groups is 2. The molecule has 3 aromatic rings. The first-order valence-electron chi connectivity index (χ1n) is 9.36. The Kier molecular flexibility index (Phi) is 3.41. The summed E-state index contributed by atoms with van der Waals surface area (Å²) in [4.78, 5) is 32.8.